The molecule has 1 unspecified atom stereocenters. The highest BCUT2D eigenvalue weighted by Gasteiger charge is 2.44. The fourth-order valence-electron chi connectivity index (χ4n) is 1.87. The van der Waals surface area contributed by atoms with Crippen LogP contribution in [0.15, 0.2) is 18.2 Å². The van der Waals surface area contributed by atoms with Crippen LogP contribution in [0, 0.1) is 17.0 Å². The number of halogens is 2. The van der Waals surface area contributed by atoms with E-state index in [9.17, 15) is 8.78 Å². The smallest absolute Gasteiger partial charge is 0.130 e. The van der Waals surface area contributed by atoms with Crippen LogP contribution in [-0.4, -0.2) is 19.8 Å². The summed E-state index contributed by atoms with van der Waals surface area (Å²) >= 11 is 0. The Morgan fingerprint density at radius 3 is 2.50 bits per heavy atom. The van der Waals surface area contributed by atoms with Gasteiger partial charge in [-0.3, -0.25) is 0 Å². The summed E-state index contributed by atoms with van der Waals surface area (Å²) in [7, 11) is 0. The molecule has 2 rings (SSSR count). The molecule has 0 bridgehead atoms. The van der Waals surface area contributed by atoms with Gasteiger partial charge in [-0.25, -0.2) is 8.78 Å². The molecule has 1 heterocycles. The molecule has 0 amide bonds. The second kappa shape index (κ2) is 4.08. The Morgan fingerprint density at radius 2 is 2.06 bits per heavy atom. The summed E-state index contributed by atoms with van der Waals surface area (Å²) in [5.41, 5.74) is 11.5. The number of benzene rings is 1. The van der Waals surface area contributed by atoms with E-state index in [2.05, 4.69) is 0 Å². The standard InChI is InChI=1S/C11H14F2N2O/c12-7-1-2-8(9(13)3-7)10(15)11(4-14)5-16-6-11/h1-3,10H,4-6,14-15H2. The van der Waals surface area contributed by atoms with E-state index in [1.807, 2.05) is 0 Å². The average molecular weight is 228 g/mol. The minimum Gasteiger partial charge on any atom is -0.380 e. The highest BCUT2D eigenvalue weighted by molar-refractivity contribution is 5.25. The second-order valence-electron chi connectivity index (χ2n) is 4.20. The van der Waals surface area contributed by atoms with Crippen LogP contribution in [0.5, 0.6) is 0 Å². The topological polar surface area (TPSA) is 61.3 Å². The number of hydrogen-bond acceptors (Lipinski definition) is 3. The zero-order valence-electron chi connectivity index (χ0n) is 8.75. The third-order valence-electron chi connectivity index (χ3n) is 3.14. The van der Waals surface area contributed by atoms with E-state index in [-0.39, 0.29) is 5.56 Å². The van der Waals surface area contributed by atoms with Crippen LogP contribution in [0.3, 0.4) is 0 Å². The lowest BCUT2D eigenvalue weighted by molar-refractivity contribution is -0.121. The Kier molecular flexibility index (Phi) is 2.92. The zero-order chi connectivity index (χ0) is 11.8. The molecule has 0 spiro atoms. The van der Waals surface area contributed by atoms with Crippen molar-refractivity contribution < 1.29 is 13.5 Å². The predicted octanol–water partition coefficient (Wildman–Crippen LogP) is 0.940. The average Bonchev–Trinajstić information content (AvgIpc) is 2.16. The highest BCUT2D eigenvalue weighted by atomic mass is 19.1. The zero-order valence-corrected chi connectivity index (χ0v) is 8.75. The van der Waals surface area contributed by atoms with Crippen LogP contribution in [0.2, 0.25) is 0 Å². The van der Waals surface area contributed by atoms with Gasteiger partial charge >= 0.3 is 0 Å². The van der Waals surface area contributed by atoms with Crippen molar-refractivity contribution in [2.24, 2.45) is 16.9 Å². The normalized spacial score (nSPS) is 20.2. The van der Waals surface area contributed by atoms with Gasteiger partial charge in [-0.1, -0.05) is 6.07 Å². The van der Waals surface area contributed by atoms with E-state index in [1.165, 1.54) is 12.1 Å². The van der Waals surface area contributed by atoms with Gasteiger partial charge in [0.15, 0.2) is 0 Å². The van der Waals surface area contributed by atoms with Crippen LogP contribution in [-0.2, 0) is 4.74 Å². The van der Waals surface area contributed by atoms with E-state index in [0.717, 1.165) is 6.07 Å². The van der Waals surface area contributed by atoms with Gasteiger partial charge in [0.1, 0.15) is 11.6 Å². The largest absolute Gasteiger partial charge is 0.380 e. The van der Waals surface area contributed by atoms with Crippen molar-refractivity contribution in [2.45, 2.75) is 6.04 Å². The minimum absolute atomic E-state index is 0.287. The monoisotopic (exact) mass is 228 g/mol. The fraction of sp³-hybridized carbons (Fsp3) is 0.455. The number of rotatable bonds is 3. The molecule has 1 aliphatic heterocycles. The first-order valence-electron chi connectivity index (χ1n) is 5.07. The highest BCUT2D eigenvalue weighted by Crippen LogP contribution is 2.38. The molecule has 4 N–H and O–H groups in total. The number of ether oxygens (including phenoxy) is 1. The molecule has 0 radical (unpaired) electrons. The van der Waals surface area contributed by atoms with Crippen LogP contribution < -0.4 is 11.5 Å². The lowest BCUT2D eigenvalue weighted by atomic mass is 9.75. The summed E-state index contributed by atoms with van der Waals surface area (Å²) in [6, 6.07) is 2.83. The van der Waals surface area contributed by atoms with Crippen molar-refractivity contribution in [1.82, 2.24) is 0 Å². The Morgan fingerprint density at radius 1 is 1.38 bits per heavy atom. The van der Waals surface area contributed by atoms with E-state index in [1.54, 1.807) is 0 Å². The Labute approximate surface area is 92.4 Å². The van der Waals surface area contributed by atoms with Crippen LogP contribution in [0.1, 0.15) is 11.6 Å². The fourth-order valence-corrected chi connectivity index (χ4v) is 1.87. The van der Waals surface area contributed by atoms with Gasteiger partial charge in [-0.15, -0.1) is 0 Å². The maximum atomic E-state index is 13.5. The SMILES string of the molecule is NCC1(C(N)c2ccc(F)cc2F)COC1. The van der Waals surface area contributed by atoms with Gasteiger partial charge in [0.25, 0.3) is 0 Å². The van der Waals surface area contributed by atoms with Crippen molar-refractivity contribution in [1.29, 1.82) is 0 Å². The molecule has 0 saturated carbocycles. The molecule has 3 nitrogen and oxygen atoms in total. The molecule has 1 atom stereocenters. The summed E-state index contributed by atoms with van der Waals surface area (Å²) in [6.07, 6.45) is 0. The second-order valence-corrected chi connectivity index (χ2v) is 4.20. The molecule has 16 heavy (non-hydrogen) atoms. The van der Waals surface area contributed by atoms with Gasteiger partial charge < -0.3 is 16.2 Å². The van der Waals surface area contributed by atoms with Gasteiger partial charge in [-0.2, -0.15) is 0 Å². The Balaban J connectivity index is 2.29. The van der Waals surface area contributed by atoms with Gasteiger partial charge in [0.05, 0.1) is 13.2 Å². The predicted molar refractivity (Wildman–Crippen MR) is 55.6 cm³/mol. The summed E-state index contributed by atoms with van der Waals surface area (Å²) < 4.78 is 31.4. The third-order valence-corrected chi connectivity index (χ3v) is 3.14. The molecular formula is C11H14F2N2O. The summed E-state index contributed by atoms with van der Waals surface area (Å²) in [5, 5.41) is 0. The van der Waals surface area contributed by atoms with E-state index in [4.69, 9.17) is 16.2 Å². The molecule has 0 aromatic heterocycles. The first-order valence-corrected chi connectivity index (χ1v) is 5.07. The Hall–Kier alpha value is -1.04. The molecule has 1 saturated heterocycles. The molecule has 1 aliphatic rings. The Bertz CT molecular complexity index is 388. The lowest BCUT2D eigenvalue weighted by Gasteiger charge is -2.45. The molecule has 1 fully saturated rings. The maximum absolute atomic E-state index is 13.5. The van der Waals surface area contributed by atoms with Crippen LogP contribution in [0.4, 0.5) is 8.78 Å². The third kappa shape index (κ3) is 1.71. The van der Waals surface area contributed by atoms with E-state index < -0.39 is 23.1 Å². The quantitative estimate of drug-likeness (QED) is 0.809. The van der Waals surface area contributed by atoms with Crippen molar-refractivity contribution in [2.75, 3.05) is 19.8 Å². The van der Waals surface area contributed by atoms with E-state index >= 15 is 0 Å². The van der Waals surface area contributed by atoms with Gasteiger partial charge in [-0.05, 0) is 6.07 Å². The van der Waals surface area contributed by atoms with E-state index in [0.29, 0.717) is 19.8 Å². The van der Waals surface area contributed by atoms with Crippen molar-refractivity contribution >= 4 is 0 Å². The molecule has 5 heteroatoms. The summed E-state index contributed by atoms with van der Waals surface area (Å²) in [6.45, 7) is 1.16. The number of hydrogen-bond donors (Lipinski definition) is 2. The first kappa shape index (κ1) is 11.4. The van der Waals surface area contributed by atoms with Gasteiger partial charge in [0, 0.05) is 29.6 Å². The molecular weight excluding hydrogens is 214 g/mol. The van der Waals surface area contributed by atoms with Crippen LogP contribution in [0.25, 0.3) is 0 Å². The molecule has 88 valence electrons. The molecule has 1 aromatic carbocycles. The number of nitrogens with two attached hydrogens (primary N) is 2. The van der Waals surface area contributed by atoms with Crippen molar-refractivity contribution in [3.63, 3.8) is 0 Å². The van der Waals surface area contributed by atoms with Gasteiger partial charge in [0.2, 0.25) is 0 Å². The lowest BCUT2D eigenvalue weighted by Crippen LogP contribution is -2.55. The molecule has 0 aliphatic carbocycles. The maximum Gasteiger partial charge on any atom is 0.130 e. The minimum atomic E-state index is -0.632. The van der Waals surface area contributed by atoms with Crippen molar-refractivity contribution in [3.05, 3.63) is 35.4 Å². The summed E-state index contributed by atoms with van der Waals surface area (Å²) in [5.74, 6) is -1.24. The summed E-state index contributed by atoms with van der Waals surface area (Å²) in [4.78, 5) is 0. The molecule has 1 aromatic rings. The van der Waals surface area contributed by atoms with Crippen LogP contribution >= 0.6 is 0 Å². The van der Waals surface area contributed by atoms with Crippen molar-refractivity contribution in [3.8, 4) is 0 Å². The first-order chi connectivity index (χ1) is 7.59.